The second-order valence-corrected chi connectivity index (χ2v) is 2.81. The summed E-state index contributed by atoms with van der Waals surface area (Å²) in [5, 5.41) is -0.0780. The van der Waals surface area contributed by atoms with Crippen molar-refractivity contribution >= 4 is 23.2 Å². The van der Waals surface area contributed by atoms with Crippen LogP contribution in [0.1, 0.15) is 10.4 Å². The third-order valence-corrected chi connectivity index (χ3v) is 1.47. The van der Waals surface area contributed by atoms with Gasteiger partial charge in [0.25, 0.3) is 5.91 Å². The van der Waals surface area contributed by atoms with Crippen LogP contribution in [0, 0.1) is 0 Å². The standard InChI is InChI=1S/C7H8N4O2S/c8-7(14)11-10-6(13)4-3-9-2-1-5(4)12/h1-3H,(H,9,12)(H,10,13)(H3,8,11,14). The summed E-state index contributed by atoms with van der Waals surface area (Å²) in [6.07, 6.45) is 2.72. The molecule has 1 rings (SSSR count). The quantitative estimate of drug-likeness (QED) is 0.348. The molecule has 1 aromatic rings. The topological polar surface area (TPSA) is 100 Å². The van der Waals surface area contributed by atoms with Crippen LogP contribution in [-0.4, -0.2) is 16.0 Å². The number of H-pyrrole nitrogens is 1. The Kier molecular flexibility index (Phi) is 3.19. The maximum Gasteiger partial charge on any atom is 0.275 e. The van der Waals surface area contributed by atoms with Gasteiger partial charge in [-0.15, -0.1) is 0 Å². The van der Waals surface area contributed by atoms with Crippen LogP contribution in [0.25, 0.3) is 0 Å². The molecule has 0 spiro atoms. The number of aromatic amines is 1. The van der Waals surface area contributed by atoms with Gasteiger partial charge in [0.1, 0.15) is 5.56 Å². The fraction of sp³-hybridized carbons (Fsp3) is 0. The summed E-state index contributed by atoms with van der Waals surface area (Å²) in [4.78, 5) is 25.0. The molecule has 1 aromatic heterocycles. The lowest BCUT2D eigenvalue weighted by Gasteiger charge is -2.04. The third-order valence-electron chi connectivity index (χ3n) is 1.37. The molecule has 0 aromatic carbocycles. The number of pyridine rings is 1. The summed E-state index contributed by atoms with van der Waals surface area (Å²) in [7, 11) is 0. The van der Waals surface area contributed by atoms with Crippen molar-refractivity contribution in [3.05, 3.63) is 34.2 Å². The number of rotatable bonds is 1. The SMILES string of the molecule is NC(=S)NNC(=O)c1c[nH]ccc1=O. The van der Waals surface area contributed by atoms with Crippen molar-refractivity contribution in [3.63, 3.8) is 0 Å². The first-order chi connectivity index (χ1) is 6.61. The summed E-state index contributed by atoms with van der Waals surface area (Å²) in [6, 6.07) is 1.25. The highest BCUT2D eigenvalue weighted by Gasteiger charge is 2.08. The fourth-order valence-corrected chi connectivity index (χ4v) is 0.830. The Morgan fingerprint density at radius 2 is 2.21 bits per heavy atom. The first-order valence-corrected chi connectivity index (χ1v) is 4.05. The Morgan fingerprint density at radius 1 is 1.50 bits per heavy atom. The van der Waals surface area contributed by atoms with E-state index >= 15 is 0 Å². The van der Waals surface area contributed by atoms with E-state index in [1.54, 1.807) is 0 Å². The Bertz CT molecular complexity index is 414. The van der Waals surface area contributed by atoms with E-state index in [2.05, 4.69) is 28.1 Å². The first-order valence-electron chi connectivity index (χ1n) is 3.64. The van der Waals surface area contributed by atoms with Crippen LogP contribution in [0.4, 0.5) is 0 Å². The van der Waals surface area contributed by atoms with E-state index < -0.39 is 5.91 Å². The van der Waals surface area contributed by atoms with Gasteiger partial charge in [0.2, 0.25) is 0 Å². The first kappa shape index (κ1) is 10.2. The molecule has 74 valence electrons. The lowest BCUT2D eigenvalue weighted by atomic mass is 10.3. The van der Waals surface area contributed by atoms with Crippen LogP contribution in [0.3, 0.4) is 0 Å². The largest absolute Gasteiger partial charge is 0.375 e. The summed E-state index contributed by atoms with van der Waals surface area (Å²) in [6.45, 7) is 0. The molecule has 14 heavy (non-hydrogen) atoms. The molecule has 0 aliphatic carbocycles. The van der Waals surface area contributed by atoms with Crippen LogP contribution < -0.4 is 22.0 Å². The van der Waals surface area contributed by atoms with Gasteiger partial charge < -0.3 is 10.7 Å². The predicted molar refractivity (Wildman–Crippen MR) is 54.4 cm³/mol. The van der Waals surface area contributed by atoms with E-state index in [1.807, 2.05) is 0 Å². The fourth-order valence-electron chi connectivity index (χ4n) is 0.779. The number of hydrazine groups is 1. The van der Waals surface area contributed by atoms with Gasteiger partial charge in [-0.3, -0.25) is 20.4 Å². The molecule has 1 amide bonds. The van der Waals surface area contributed by atoms with E-state index in [1.165, 1.54) is 18.5 Å². The van der Waals surface area contributed by atoms with Crippen LogP contribution in [0.2, 0.25) is 0 Å². The molecule has 5 N–H and O–H groups in total. The molecular weight excluding hydrogens is 204 g/mol. The third kappa shape index (κ3) is 2.56. The van der Waals surface area contributed by atoms with Gasteiger partial charge in [0, 0.05) is 18.5 Å². The number of amides is 1. The number of aromatic nitrogens is 1. The van der Waals surface area contributed by atoms with Crippen molar-refractivity contribution in [2.45, 2.75) is 0 Å². The Hall–Kier alpha value is -1.89. The summed E-state index contributed by atoms with van der Waals surface area (Å²) < 4.78 is 0. The van der Waals surface area contributed by atoms with Gasteiger partial charge in [0.05, 0.1) is 0 Å². The van der Waals surface area contributed by atoms with Gasteiger partial charge in [-0.2, -0.15) is 0 Å². The van der Waals surface area contributed by atoms with Crippen molar-refractivity contribution in [3.8, 4) is 0 Å². The maximum atomic E-state index is 11.3. The van der Waals surface area contributed by atoms with Gasteiger partial charge in [-0.25, -0.2) is 0 Å². The lowest BCUT2D eigenvalue weighted by Crippen LogP contribution is -2.45. The minimum atomic E-state index is -0.598. The molecular formula is C7H8N4O2S. The molecule has 7 heteroatoms. The molecule has 0 radical (unpaired) electrons. The highest BCUT2D eigenvalue weighted by atomic mass is 32.1. The zero-order chi connectivity index (χ0) is 10.6. The minimum absolute atomic E-state index is 0.0174. The van der Waals surface area contributed by atoms with Crippen molar-refractivity contribution in [1.29, 1.82) is 0 Å². The second kappa shape index (κ2) is 4.38. The summed E-state index contributed by atoms with van der Waals surface area (Å²) in [5.41, 5.74) is 9.07. The van der Waals surface area contributed by atoms with Crippen molar-refractivity contribution < 1.29 is 4.79 Å². The van der Waals surface area contributed by atoms with Crippen molar-refractivity contribution in [1.82, 2.24) is 15.8 Å². The normalized spacial score (nSPS) is 9.14. The number of carbonyl (C=O) groups excluding carboxylic acids is 1. The molecule has 0 aliphatic rings. The highest BCUT2D eigenvalue weighted by molar-refractivity contribution is 7.80. The highest BCUT2D eigenvalue weighted by Crippen LogP contribution is 1.85. The van der Waals surface area contributed by atoms with E-state index in [0.717, 1.165) is 0 Å². The molecule has 0 bridgehead atoms. The average molecular weight is 212 g/mol. The number of nitrogens with two attached hydrogens (primary N) is 1. The van der Waals surface area contributed by atoms with E-state index in [9.17, 15) is 9.59 Å². The van der Waals surface area contributed by atoms with Gasteiger partial charge in [-0.05, 0) is 12.2 Å². The maximum absolute atomic E-state index is 11.3. The van der Waals surface area contributed by atoms with Crippen molar-refractivity contribution in [2.75, 3.05) is 0 Å². The lowest BCUT2D eigenvalue weighted by molar-refractivity contribution is 0.0942. The zero-order valence-electron chi connectivity index (χ0n) is 7.03. The number of hydrogen-bond donors (Lipinski definition) is 4. The average Bonchev–Trinajstić information content (AvgIpc) is 2.15. The molecule has 0 unspecified atom stereocenters. The Labute approximate surface area is 84.5 Å². The van der Waals surface area contributed by atoms with Gasteiger partial charge in [-0.1, -0.05) is 0 Å². The van der Waals surface area contributed by atoms with E-state index in [-0.39, 0.29) is 16.1 Å². The zero-order valence-corrected chi connectivity index (χ0v) is 7.85. The Balaban J connectivity index is 2.75. The monoisotopic (exact) mass is 212 g/mol. The summed E-state index contributed by atoms with van der Waals surface area (Å²) in [5.74, 6) is -0.598. The van der Waals surface area contributed by atoms with Gasteiger partial charge >= 0.3 is 0 Å². The number of thiocarbonyl (C=S) groups is 1. The predicted octanol–water partition coefficient (Wildman–Crippen LogP) is -1.15. The minimum Gasteiger partial charge on any atom is -0.375 e. The number of carbonyl (C=O) groups is 1. The molecule has 0 aliphatic heterocycles. The van der Waals surface area contributed by atoms with Crippen LogP contribution in [0.5, 0.6) is 0 Å². The molecule has 0 atom stereocenters. The molecule has 0 fully saturated rings. The van der Waals surface area contributed by atoms with Crippen molar-refractivity contribution in [2.24, 2.45) is 5.73 Å². The molecule has 1 heterocycles. The smallest absolute Gasteiger partial charge is 0.275 e. The number of hydrogen-bond acceptors (Lipinski definition) is 3. The van der Waals surface area contributed by atoms with Gasteiger partial charge in [0.15, 0.2) is 10.5 Å². The van der Waals surface area contributed by atoms with E-state index in [0.29, 0.717) is 0 Å². The number of nitrogens with one attached hydrogen (secondary N) is 3. The molecule has 0 saturated heterocycles. The van der Waals surface area contributed by atoms with E-state index in [4.69, 9.17) is 5.73 Å². The van der Waals surface area contributed by atoms with Crippen LogP contribution >= 0.6 is 12.2 Å². The second-order valence-electron chi connectivity index (χ2n) is 2.37. The Morgan fingerprint density at radius 3 is 2.79 bits per heavy atom. The van der Waals surface area contributed by atoms with Crippen LogP contribution in [0.15, 0.2) is 23.3 Å². The molecule has 0 saturated carbocycles. The molecule has 6 nitrogen and oxygen atoms in total. The summed E-state index contributed by atoms with van der Waals surface area (Å²) >= 11 is 4.46. The van der Waals surface area contributed by atoms with Crippen LogP contribution in [-0.2, 0) is 0 Å².